The fourth-order valence-corrected chi connectivity index (χ4v) is 3.32. The van der Waals surface area contributed by atoms with Crippen LogP contribution < -0.4 is 5.32 Å². The van der Waals surface area contributed by atoms with Gasteiger partial charge >= 0.3 is 17.9 Å². The number of hydrogen-bond donors (Lipinski definition) is 1. The Morgan fingerprint density at radius 3 is 2.16 bits per heavy atom. The molecular formula is C21H24N2O8. The number of nitro benzene ring substituents is 1. The molecule has 0 spiro atoms. The first-order chi connectivity index (χ1) is 14.7. The van der Waals surface area contributed by atoms with Crippen molar-refractivity contribution < 1.29 is 33.5 Å². The van der Waals surface area contributed by atoms with Crippen molar-refractivity contribution in [2.45, 2.75) is 33.6 Å². The number of rotatable bonds is 8. The summed E-state index contributed by atoms with van der Waals surface area (Å²) in [5, 5.41) is 14.6. The normalized spacial score (nSPS) is 15.8. The van der Waals surface area contributed by atoms with Crippen LogP contribution in [-0.4, -0.2) is 42.7 Å². The van der Waals surface area contributed by atoms with E-state index in [1.54, 1.807) is 26.8 Å². The molecule has 0 radical (unpaired) electrons. The Balaban J connectivity index is 2.81. The number of ether oxygens (including phenoxy) is 3. The second-order valence-electron chi connectivity index (χ2n) is 6.53. The zero-order valence-electron chi connectivity index (χ0n) is 17.7. The molecule has 0 amide bonds. The van der Waals surface area contributed by atoms with Gasteiger partial charge in [0.1, 0.15) is 6.61 Å². The predicted molar refractivity (Wildman–Crippen MR) is 109 cm³/mol. The number of nitrogens with zero attached hydrogens (tertiary/aromatic N) is 1. The standard InChI is InChI=1S/C21H24N2O8/c1-5-29-20(25)17-12(3)22-15(11-31-13(4)24)19(21(26)30-6-2)18(17)14-9-7-8-10-16(14)23(27)28/h7-10,18,22H,5-6,11H2,1-4H3. The molecule has 31 heavy (non-hydrogen) atoms. The molecule has 1 aromatic rings. The van der Waals surface area contributed by atoms with Crippen LogP contribution in [-0.2, 0) is 28.6 Å². The molecule has 0 aromatic heterocycles. The second-order valence-corrected chi connectivity index (χ2v) is 6.53. The van der Waals surface area contributed by atoms with Gasteiger partial charge in [0, 0.05) is 24.3 Å². The van der Waals surface area contributed by atoms with Crippen molar-refractivity contribution in [2.24, 2.45) is 0 Å². The molecule has 2 rings (SSSR count). The van der Waals surface area contributed by atoms with Crippen LogP contribution >= 0.6 is 0 Å². The summed E-state index contributed by atoms with van der Waals surface area (Å²) in [5.74, 6) is -3.28. The van der Waals surface area contributed by atoms with Gasteiger partial charge in [-0.1, -0.05) is 18.2 Å². The van der Waals surface area contributed by atoms with Crippen molar-refractivity contribution in [1.29, 1.82) is 0 Å². The molecule has 1 aliphatic heterocycles. The van der Waals surface area contributed by atoms with Gasteiger partial charge in [-0.3, -0.25) is 14.9 Å². The summed E-state index contributed by atoms with van der Waals surface area (Å²) >= 11 is 0. The summed E-state index contributed by atoms with van der Waals surface area (Å²) in [6.07, 6.45) is 0. The Labute approximate surface area is 179 Å². The maximum atomic E-state index is 12.9. The average Bonchev–Trinajstić information content (AvgIpc) is 2.71. The minimum Gasteiger partial charge on any atom is -0.463 e. The van der Waals surface area contributed by atoms with Gasteiger partial charge in [0.05, 0.1) is 40.9 Å². The van der Waals surface area contributed by atoms with Crippen LogP contribution in [0.25, 0.3) is 0 Å². The van der Waals surface area contributed by atoms with E-state index in [9.17, 15) is 24.5 Å². The molecule has 10 nitrogen and oxygen atoms in total. The first-order valence-electron chi connectivity index (χ1n) is 9.64. The van der Waals surface area contributed by atoms with E-state index in [4.69, 9.17) is 14.2 Å². The highest BCUT2D eigenvalue weighted by molar-refractivity contribution is 6.00. The van der Waals surface area contributed by atoms with E-state index in [1.165, 1.54) is 25.1 Å². The third kappa shape index (κ3) is 5.27. The maximum absolute atomic E-state index is 12.9. The fourth-order valence-electron chi connectivity index (χ4n) is 3.32. The molecule has 1 atom stereocenters. The maximum Gasteiger partial charge on any atom is 0.336 e. The number of para-hydroxylation sites is 1. The lowest BCUT2D eigenvalue weighted by Crippen LogP contribution is -2.35. The van der Waals surface area contributed by atoms with Crippen molar-refractivity contribution in [1.82, 2.24) is 5.32 Å². The van der Waals surface area contributed by atoms with Crippen molar-refractivity contribution in [3.63, 3.8) is 0 Å². The van der Waals surface area contributed by atoms with Gasteiger partial charge in [-0.2, -0.15) is 0 Å². The number of nitro groups is 1. The number of dihydropyridines is 1. The fraction of sp³-hybridized carbons (Fsp3) is 0.381. The van der Waals surface area contributed by atoms with Gasteiger partial charge in [0.15, 0.2) is 0 Å². The van der Waals surface area contributed by atoms with E-state index in [2.05, 4.69) is 5.32 Å². The largest absolute Gasteiger partial charge is 0.463 e. The van der Waals surface area contributed by atoms with E-state index in [1.807, 2.05) is 0 Å². The van der Waals surface area contributed by atoms with E-state index >= 15 is 0 Å². The number of allylic oxidation sites excluding steroid dienone is 1. The molecule has 1 heterocycles. The third-order valence-corrected chi connectivity index (χ3v) is 4.50. The van der Waals surface area contributed by atoms with Gasteiger partial charge in [0.2, 0.25) is 0 Å². The van der Waals surface area contributed by atoms with Gasteiger partial charge in [-0.15, -0.1) is 0 Å². The van der Waals surface area contributed by atoms with Gasteiger partial charge in [-0.25, -0.2) is 9.59 Å². The third-order valence-electron chi connectivity index (χ3n) is 4.50. The summed E-state index contributed by atoms with van der Waals surface area (Å²) in [5.41, 5.74) is 0.286. The Hall–Kier alpha value is -3.69. The molecule has 0 bridgehead atoms. The summed E-state index contributed by atoms with van der Waals surface area (Å²) < 4.78 is 15.4. The Morgan fingerprint density at radius 2 is 1.61 bits per heavy atom. The monoisotopic (exact) mass is 432 g/mol. The molecule has 0 saturated carbocycles. The number of carbonyl (C=O) groups is 3. The number of benzene rings is 1. The highest BCUT2D eigenvalue weighted by Crippen LogP contribution is 2.42. The molecule has 1 aliphatic rings. The molecular weight excluding hydrogens is 408 g/mol. The highest BCUT2D eigenvalue weighted by Gasteiger charge is 2.41. The highest BCUT2D eigenvalue weighted by atomic mass is 16.6. The van der Waals surface area contributed by atoms with Crippen molar-refractivity contribution in [3.8, 4) is 0 Å². The lowest BCUT2D eigenvalue weighted by Gasteiger charge is -2.31. The van der Waals surface area contributed by atoms with E-state index < -0.39 is 28.7 Å². The zero-order chi connectivity index (χ0) is 23.1. The van der Waals surface area contributed by atoms with Gasteiger partial charge in [0.25, 0.3) is 5.69 Å². The Bertz CT molecular complexity index is 964. The van der Waals surface area contributed by atoms with Crippen molar-refractivity contribution in [3.05, 3.63) is 62.5 Å². The topological polar surface area (TPSA) is 134 Å². The summed E-state index contributed by atoms with van der Waals surface area (Å²) in [7, 11) is 0. The summed E-state index contributed by atoms with van der Waals surface area (Å²) in [4.78, 5) is 48.2. The van der Waals surface area contributed by atoms with Crippen LogP contribution in [0.5, 0.6) is 0 Å². The smallest absolute Gasteiger partial charge is 0.336 e. The molecule has 0 aliphatic carbocycles. The molecule has 0 fully saturated rings. The van der Waals surface area contributed by atoms with E-state index in [0.29, 0.717) is 5.70 Å². The molecule has 10 heteroatoms. The van der Waals surface area contributed by atoms with Crippen LogP contribution in [0.4, 0.5) is 5.69 Å². The second kappa shape index (κ2) is 10.4. The van der Waals surface area contributed by atoms with Crippen LogP contribution in [0, 0.1) is 10.1 Å². The number of nitrogens with one attached hydrogen (secondary N) is 1. The lowest BCUT2D eigenvalue weighted by atomic mass is 9.79. The first kappa shape index (κ1) is 23.6. The van der Waals surface area contributed by atoms with Gasteiger partial charge < -0.3 is 19.5 Å². The Kier molecular flexibility index (Phi) is 7.89. The Morgan fingerprint density at radius 1 is 1.03 bits per heavy atom. The van der Waals surface area contributed by atoms with Crippen LogP contribution in [0.1, 0.15) is 39.2 Å². The van der Waals surface area contributed by atoms with Crippen LogP contribution in [0.2, 0.25) is 0 Å². The molecule has 1 unspecified atom stereocenters. The average molecular weight is 432 g/mol. The van der Waals surface area contributed by atoms with Crippen molar-refractivity contribution in [2.75, 3.05) is 19.8 Å². The zero-order valence-corrected chi connectivity index (χ0v) is 17.7. The summed E-state index contributed by atoms with van der Waals surface area (Å²) in [6.45, 7) is 5.80. The van der Waals surface area contributed by atoms with Crippen LogP contribution in [0.15, 0.2) is 46.8 Å². The van der Waals surface area contributed by atoms with Crippen molar-refractivity contribution >= 4 is 23.6 Å². The molecule has 1 N–H and O–H groups in total. The number of esters is 3. The minimum atomic E-state index is -1.16. The first-order valence-corrected chi connectivity index (χ1v) is 9.64. The predicted octanol–water partition coefficient (Wildman–Crippen LogP) is 2.50. The molecule has 0 saturated heterocycles. The van der Waals surface area contributed by atoms with E-state index in [-0.39, 0.29) is 47.9 Å². The lowest BCUT2D eigenvalue weighted by molar-refractivity contribution is -0.385. The number of hydrogen-bond acceptors (Lipinski definition) is 9. The quantitative estimate of drug-likeness (QED) is 0.284. The molecule has 166 valence electrons. The SMILES string of the molecule is CCOC(=O)C1=C(C)NC(COC(C)=O)=C(C(=O)OCC)C1c1ccccc1[N+](=O)[O-]. The van der Waals surface area contributed by atoms with Crippen LogP contribution in [0.3, 0.4) is 0 Å². The van der Waals surface area contributed by atoms with Gasteiger partial charge in [-0.05, 0) is 20.8 Å². The summed E-state index contributed by atoms with van der Waals surface area (Å²) in [6, 6.07) is 5.79. The molecule has 1 aromatic carbocycles. The minimum absolute atomic E-state index is 0.0320. The van der Waals surface area contributed by atoms with E-state index in [0.717, 1.165) is 0 Å². The number of carbonyl (C=O) groups excluding carboxylic acids is 3.